The summed E-state index contributed by atoms with van der Waals surface area (Å²) in [6.45, 7) is 0. The molecule has 1 heterocycles. The number of para-hydroxylation sites is 1. The van der Waals surface area contributed by atoms with Gasteiger partial charge < -0.3 is 9.47 Å². The lowest BCUT2D eigenvalue weighted by Crippen LogP contribution is -2.20. The van der Waals surface area contributed by atoms with E-state index < -0.39 is 17.6 Å². The van der Waals surface area contributed by atoms with Gasteiger partial charge in [0.2, 0.25) is 0 Å². The highest BCUT2D eigenvalue weighted by Gasteiger charge is 2.32. The zero-order chi connectivity index (χ0) is 27.1. The number of carbonyl (C=O) groups excluding carboxylic acids is 1. The van der Waals surface area contributed by atoms with Crippen LogP contribution in [0.25, 0.3) is 17.1 Å². The molecule has 0 aliphatic rings. The van der Waals surface area contributed by atoms with E-state index in [2.05, 4.69) is 20.7 Å². The van der Waals surface area contributed by atoms with E-state index in [0.29, 0.717) is 28.0 Å². The van der Waals surface area contributed by atoms with Crippen LogP contribution in [0.3, 0.4) is 0 Å². The SMILES string of the molecule is COc1ccc(-c2nnc(SCC(=O)N/N=C/c3ccccc3C(F)(F)F)n2-c2ccccc2)cc1OC. The van der Waals surface area contributed by atoms with Gasteiger partial charge in [0, 0.05) is 16.8 Å². The van der Waals surface area contributed by atoms with Crippen LogP contribution in [0.15, 0.2) is 83.1 Å². The summed E-state index contributed by atoms with van der Waals surface area (Å²) in [5.41, 5.74) is 2.74. The Morgan fingerprint density at radius 2 is 1.71 bits per heavy atom. The second kappa shape index (κ2) is 11.8. The van der Waals surface area contributed by atoms with E-state index in [1.807, 2.05) is 36.4 Å². The molecule has 0 bridgehead atoms. The van der Waals surface area contributed by atoms with Crippen molar-refractivity contribution in [1.82, 2.24) is 20.2 Å². The minimum atomic E-state index is -4.53. The van der Waals surface area contributed by atoms with Crippen LogP contribution in [-0.2, 0) is 11.0 Å². The molecule has 38 heavy (non-hydrogen) atoms. The molecule has 3 aromatic carbocycles. The molecule has 4 aromatic rings. The molecule has 0 saturated heterocycles. The maximum atomic E-state index is 13.1. The van der Waals surface area contributed by atoms with Gasteiger partial charge in [0.25, 0.3) is 5.91 Å². The molecule has 0 radical (unpaired) electrons. The number of carbonyl (C=O) groups is 1. The molecule has 12 heteroatoms. The molecular formula is C26H22F3N5O3S. The Labute approximate surface area is 220 Å². The Balaban J connectivity index is 1.53. The summed E-state index contributed by atoms with van der Waals surface area (Å²) in [6.07, 6.45) is -3.57. The van der Waals surface area contributed by atoms with E-state index in [0.717, 1.165) is 29.7 Å². The van der Waals surface area contributed by atoms with Crippen molar-refractivity contribution in [2.45, 2.75) is 11.3 Å². The number of nitrogens with one attached hydrogen (secondary N) is 1. The van der Waals surface area contributed by atoms with Crippen LogP contribution in [0.4, 0.5) is 13.2 Å². The van der Waals surface area contributed by atoms with Gasteiger partial charge in [-0.1, -0.05) is 48.2 Å². The van der Waals surface area contributed by atoms with Gasteiger partial charge in [-0.3, -0.25) is 9.36 Å². The predicted octanol–water partition coefficient (Wildman–Crippen LogP) is 5.21. The third-order valence-corrected chi connectivity index (χ3v) is 6.21. The molecule has 4 rings (SSSR count). The van der Waals surface area contributed by atoms with Crippen molar-refractivity contribution < 1.29 is 27.4 Å². The van der Waals surface area contributed by atoms with Crippen molar-refractivity contribution in [3.05, 3.63) is 83.9 Å². The molecule has 8 nitrogen and oxygen atoms in total. The zero-order valence-electron chi connectivity index (χ0n) is 20.3. The second-order valence-corrected chi connectivity index (χ2v) is 8.66. The number of halogens is 3. The number of thioether (sulfide) groups is 1. The van der Waals surface area contributed by atoms with E-state index in [1.165, 1.54) is 25.3 Å². The van der Waals surface area contributed by atoms with Crippen molar-refractivity contribution in [2.24, 2.45) is 5.10 Å². The molecule has 1 amide bonds. The summed E-state index contributed by atoms with van der Waals surface area (Å²) in [6, 6.07) is 19.7. The smallest absolute Gasteiger partial charge is 0.417 e. The normalized spacial score (nSPS) is 11.5. The van der Waals surface area contributed by atoms with E-state index in [9.17, 15) is 18.0 Å². The summed E-state index contributed by atoms with van der Waals surface area (Å²) >= 11 is 1.10. The molecule has 1 aromatic heterocycles. The average molecular weight is 542 g/mol. The monoisotopic (exact) mass is 541 g/mol. The zero-order valence-corrected chi connectivity index (χ0v) is 21.1. The highest BCUT2D eigenvalue weighted by atomic mass is 32.2. The first-order chi connectivity index (χ1) is 18.3. The molecule has 0 aliphatic heterocycles. The van der Waals surface area contributed by atoms with E-state index in [4.69, 9.17) is 9.47 Å². The summed E-state index contributed by atoms with van der Waals surface area (Å²) in [5, 5.41) is 12.7. The molecule has 0 saturated carbocycles. The Hall–Kier alpha value is -4.32. The fourth-order valence-electron chi connectivity index (χ4n) is 3.54. The van der Waals surface area contributed by atoms with Crippen molar-refractivity contribution >= 4 is 23.9 Å². The van der Waals surface area contributed by atoms with Crippen LogP contribution in [0.2, 0.25) is 0 Å². The predicted molar refractivity (Wildman–Crippen MR) is 138 cm³/mol. The maximum Gasteiger partial charge on any atom is 0.417 e. The number of hydrazone groups is 1. The molecular weight excluding hydrogens is 519 g/mol. The van der Waals surface area contributed by atoms with Gasteiger partial charge in [-0.2, -0.15) is 18.3 Å². The Bertz CT molecular complexity index is 1440. The lowest BCUT2D eigenvalue weighted by atomic mass is 10.1. The second-order valence-electron chi connectivity index (χ2n) is 7.71. The summed E-state index contributed by atoms with van der Waals surface area (Å²) in [5.74, 6) is 0.973. The van der Waals surface area contributed by atoms with Crippen LogP contribution in [0, 0.1) is 0 Å². The molecule has 196 valence electrons. The van der Waals surface area contributed by atoms with Crippen molar-refractivity contribution in [2.75, 3.05) is 20.0 Å². The minimum absolute atomic E-state index is 0.102. The number of rotatable bonds is 9. The van der Waals surface area contributed by atoms with Crippen molar-refractivity contribution in [3.63, 3.8) is 0 Å². The van der Waals surface area contributed by atoms with Crippen LogP contribution in [0.5, 0.6) is 11.5 Å². The number of benzene rings is 3. The first kappa shape index (κ1) is 26.7. The van der Waals surface area contributed by atoms with Gasteiger partial charge in [-0.15, -0.1) is 10.2 Å². The van der Waals surface area contributed by atoms with Gasteiger partial charge in [-0.25, -0.2) is 5.43 Å². The topological polar surface area (TPSA) is 90.6 Å². The quantitative estimate of drug-likeness (QED) is 0.178. The third kappa shape index (κ3) is 6.14. The molecule has 0 aliphatic carbocycles. The van der Waals surface area contributed by atoms with Gasteiger partial charge in [0.1, 0.15) is 0 Å². The number of ether oxygens (including phenoxy) is 2. The van der Waals surface area contributed by atoms with Gasteiger partial charge in [-0.05, 0) is 36.4 Å². The van der Waals surface area contributed by atoms with Gasteiger partial charge >= 0.3 is 6.18 Å². The number of nitrogens with zero attached hydrogens (tertiary/aromatic N) is 4. The highest BCUT2D eigenvalue weighted by molar-refractivity contribution is 7.99. The van der Waals surface area contributed by atoms with Crippen LogP contribution in [0.1, 0.15) is 11.1 Å². The third-order valence-electron chi connectivity index (χ3n) is 5.28. The fraction of sp³-hybridized carbons (Fsp3) is 0.154. The lowest BCUT2D eigenvalue weighted by molar-refractivity contribution is -0.137. The summed E-state index contributed by atoms with van der Waals surface area (Å²) < 4.78 is 51.9. The molecule has 0 fully saturated rings. The number of methoxy groups -OCH3 is 2. The largest absolute Gasteiger partial charge is 0.493 e. The van der Waals surface area contributed by atoms with E-state index in [-0.39, 0.29) is 11.3 Å². The Kier molecular flexibility index (Phi) is 8.31. The Morgan fingerprint density at radius 3 is 2.42 bits per heavy atom. The number of hydrogen-bond acceptors (Lipinski definition) is 7. The fourth-order valence-corrected chi connectivity index (χ4v) is 4.28. The Morgan fingerprint density at radius 1 is 1.00 bits per heavy atom. The van der Waals surface area contributed by atoms with E-state index in [1.54, 1.807) is 23.8 Å². The van der Waals surface area contributed by atoms with E-state index >= 15 is 0 Å². The molecule has 0 atom stereocenters. The number of amides is 1. The number of aromatic nitrogens is 3. The average Bonchev–Trinajstić information content (AvgIpc) is 3.35. The van der Waals surface area contributed by atoms with Crippen molar-refractivity contribution in [3.8, 4) is 28.6 Å². The van der Waals surface area contributed by atoms with Gasteiger partial charge in [0.05, 0.1) is 31.8 Å². The van der Waals surface area contributed by atoms with Crippen LogP contribution in [-0.4, -0.2) is 46.9 Å². The lowest BCUT2D eigenvalue weighted by Gasteiger charge is -2.12. The first-order valence-corrected chi connectivity index (χ1v) is 12.1. The molecule has 0 spiro atoms. The number of alkyl halides is 3. The van der Waals surface area contributed by atoms with Crippen LogP contribution < -0.4 is 14.9 Å². The number of hydrogen-bond donors (Lipinski definition) is 1. The first-order valence-electron chi connectivity index (χ1n) is 11.2. The van der Waals surface area contributed by atoms with Gasteiger partial charge in [0.15, 0.2) is 22.5 Å². The highest BCUT2D eigenvalue weighted by Crippen LogP contribution is 2.34. The molecule has 1 N–H and O–H groups in total. The molecule has 0 unspecified atom stereocenters. The van der Waals surface area contributed by atoms with Crippen LogP contribution >= 0.6 is 11.8 Å². The standard InChI is InChI=1S/C26H22F3N5O3S/c1-36-21-13-12-17(14-22(21)37-2)24-32-33-25(34(24)19-9-4-3-5-10-19)38-16-23(35)31-30-15-18-8-6-7-11-20(18)26(27,28)29/h3-15H,16H2,1-2H3,(H,31,35)/b30-15+. The van der Waals surface area contributed by atoms with Crippen molar-refractivity contribution in [1.29, 1.82) is 0 Å². The minimum Gasteiger partial charge on any atom is -0.493 e. The summed E-state index contributed by atoms with van der Waals surface area (Å²) in [4.78, 5) is 12.4. The summed E-state index contributed by atoms with van der Waals surface area (Å²) in [7, 11) is 3.08. The maximum absolute atomic E-state index is 13.1.